The number of carbonyl (C=O) groups excluding carboxylic acids is 3. The molecule has 140 valence electrons. The number of nitrogens with zero attached hydrogens (tertiary/aromatic N) is 1. The number of benzene rings is 2. The second-order valence-corrected chi connectivity index (χ2v) is 8.03. The van der Waals surface area contributed by atoms with Gasteiger partial charge in [-0.3, -0.25) is 14.5 Å². The van der Waals surface area contributed by atoms with Crippen LogP contribution in [0, 0.1) is 0 Å². The van der Waals surface area contributed by atoms with Gasteiger partial charge in [0.05, 0.1) is 0 Å². The van der Waals surface area contributed by atoms with Gasteiger partial charge in [0.25, 0.3) is 5.91 Å². The zero-order valence-electron chi connectivity index (χ0n) is 14.8. The van der Waals surface area contributed by atoms with Crippen LogP contribution in [0.15, 0.2) is 57.9 Å². The zero-order valence-corrected chi connectivity index (χ0v) is 17.2. The van der Waals surface area contributed by atoms with E-state index in [1.807, 2.05) is 30.5 Å². The number of imide groups is 1. The fourth-order valence-corrected chi connectivity index (χ4v) is 3.74. The number of hydrogen-bond donors (Lipinski definition) is 2. The van der Waals surface area contributed by atoms with E-state index in [2.05, 4.69) is 26.6 Å². The molecular weight excluding hydrogens is 430 g/mol. The van der Waals surface area contributed by atoms with Gasteiger partial charge < -0.3 is 10.6 Å². The van der Waals surface area contributed by atoms with E-state index < -0.39 is 23.4 Å². The number of urea groups is 1. The highest BCUT2D eigenvalue weighted by Crippen LogP contribution is 2.30. The number of amides is 4. The summed E-state index contributed by atoms with van der Waals surface area (Å²) in [4.78, 5) is 39.5. The summed E-state index contributed by atoms with van der Waals surface area (Å²) < 4.78 is 0.799. The molecule has 1 aliphatic heterocycles. The van der Waals surface area contributed by atoms with Crippen LogP contribution >= 0.6 is 27.7 Å². The molecule has 0 saturated carbocycles. The van der Waals surface area contributed by atoms with Gasteiger partial charge in [-0.1, -0.05) is 34.1 Å². The third-order valence-electron chi connectivity index (χ3n) is 4.33. The van der Waals surface area contributed by atoms with Gasteiger partial charge in [0.15, 0.2) is 0 Å². The van der Waals surface area contributed by atoms with Crippen molar-refractivity contribution < 1.29 is 14.4 Å². The van der Waals surface area contributed by atoms with E-state index in [-0.39, 0.29) is 6.54 Å². The smallest absolute Gasteiger partial charge is 0.324 e. The lowest BCUT2D eigenvalue weighted by molar-refractivity contribution is -0.133. The van der Waals surface area contributed by atoms with Gasteiger partial charge in [0.2, 0.25) is 5.91 Å². The van der Waals surface area contributed by atoms with Crippen LogP contribution in [0.25, 0.3) is 0 Å². The van der Waals surface area contributed by atoms with Crippen LogP contribution in [0.3, 0.4) is 0 Å². The average molecular weight is 448 g/mol. The summed E-state index contributed by atoms with van der Waals surface area (Å²) in [6.07, 6.45) is 1.94. The standard InChI is InChI=1S/C19H18BrN3O3S/c1-19(12-5-3-6-13(20)9-12)17(25)23(18(26)22-19)11-16(24)21-14-7-4-8-15(10-14)27-2/h3-10H,11H2,1-2H3,(H,21,24)(H,22,26). The molecule has 0 spiro atoms. The predicted molar refractivity (Wildman–Crippen MR) is 109 cm³/mol. The highest BCUT2D eigenvalue weighted by atomic mass is 79.9. The first-order valence-electron chi connectivity index (χ1n) is 8.17. The molecule has 0 aliphatic carbocycles. The maximum Gasteiger partial charge on any atom is 0.325 e. The number of thioether (sulfide) groups is 1. The van der Waals surface area contributed by atoms with E-state index in [0.717, 1.165) is 14.3 Å². The van der Waals surface area contributed by atoms with Crippen molar-refractivity contribution in [1.29, 1.82) is 0 Å². The lowest BCUT2D eigenvalue weighted by Gasteiger charge is -2.22. The van der Waals surface area contributed by atoms with Gasteiger partial charge in [0, 0.05) is 15.1 Å². The molecule has 1 heterocycles. The first-order valence-corrected chi connectivity index (χ1v) is 10.2. The quantitative estimate of drug-likeness (QED) is 0.542. The molecule has 2 aromatic carbocycles. The average Bonchev–Trinajstić information content (AvgIpc) is 2.86. The van der Waals surface area contributed by atoms with Crippen LogP contribution in [0.5, 0.6) is 0 Å². The number of halogens is 1. The Morgan fingerprint density at radius 3 is 2.67 bits per heavy atom. The number of carbonyl (C=O) groups is 3. The molecule has 2 aromatic rings. The number of rotatable bonds is 5. The lowest BCUT2D eigenvalue weighted by atomic mass is 9.92. The molecule has 8 heteroatoms. The molecule has 2 N–H and O–H groups in total. The van der Waals surface area contributed by atoms with Gasteiger partial charge in [-0.25, -0.2) is 4.79 Å². The Hall–Kier alpha value is -2.32. The second-order valence-electron chi connectivity index (χ2n) is 6.24. The summed E-state index contributed by atoms with van der Waals surface area (Å²) in [5, 5.41) is 5.42. The summed E-state index contributed by atoms with van der Waals surface area (Å²) >= 11 is 4.93. The molecule has 0 bridgehead atoms. The van der Waals surface area contributed by atoms with Crippen LogP contribution in [-0.4, -0.2) is 35.5 Å². The minimum Gasteiger partial charge on any atom is -0.324 e. The Balaban J connectivity index is 1.74. The molecule has 6 nitrogen and oxygen atoms in total. The monoisotopic (exact) mass is 447 g/mol. The van der Waals surface area contributed by atoms with Crippen LogP contribution in [0.4, 0.5) is 10.5 Å². The molecule has 1 saturated heterocycles. The van der Waals surface area contributed by atoms with Crippen molar-refractivity contribution in [2.75, 3.05) is 18.1 Å². The fraction of sp³-hybridized carbons (Fsp3) is 0.211. The van der Waals surface area contributed by atoms with Gasteiger partial charge >= 0.3 is 6.03 Å². The third-order valence-corrected chi connectivity index (χ3v) is 5.55. The third kappa shape index (κ3) is 4.01. The summed E-state index contributed by atoms with van der Waals surface area (Å²) in [7, 11) is 0. The summed E-state index contributed by atoms with van der Waals surface area (Å²) in [6.45, 7) is 1.28. The molecule has 1 atom stereocenters. The van der Waals surface area contributed by atoms with E-state index in [9.17, 15) is 14.4 Å². The zero-order chi connectivity index (χ0) is 19.6. The molecule has 3 rings (SSSR count). The molecule has 1 aliphatic rings. The molecule has 4 amide bonds. The van der Waals surface area contributed by atoms with Crippen molar-refractivity contribution >= 4 is 51.2 Å². The Labute approximate surface area is 169 Å². The van der Waals surface area contributed by atoms with Crippen molar-refractivity contribution in [2.45, 2.75) is 17.4 Å². The minimum absolute atomic E-state index is 0.349. The highest BCUT2D eigenvalue weighted by Gasteiger charge is 2.49. The van der Waals surface area contributed by atoms with Crippen LogP contribution in [0.1, 0.15) is 12.5 Å². The summed E-state index contributed by atoms with van der Waals surface area (Å²) in [6, 6.07) is 13.9. The van der Waals surface area contributed by atoms with E-state index in [4.69, 9.17) is 0 Å². The van der Waals surface area contributed by atoms with Crippen molar-refractivity contribution in [2.24, 2.45) is 0 Å². The Morgan fingerprint density at radius 1 is 1.22 bits per heavy atom. The van der Waals surface area contributed by atoms with Crippen molar-refractivity contribution in [1.82, 2.24) is 10.2 Å². The lowest BCUT2D eigenvalue weighted by Crippen LogP contribution is -2.42. The Morgan fingerprint density at radius 2 is 1.96 bits per heavy atom. The molecule has 1 unspecified atom stereocenters. The van der Waals surface area contributed by atoms with Gasteiger partial charge in [-0.2, -0.15) is 0 Å². The van der Waals surface area contributed by atoms with E-state index >= 15 is 0 Å². The predicted octanol–water partition coefficient (Wildman–Crippen LogP) is 3.58. The number of nitrogens with one attached hydrogen (secondary N) is 2. The highest BCUT2D eigenvalue weighted by molar-refractivity contribution is 9.10. The maximum atomic E-state index is 12.9. The minimum atomic E-state index is -1.21. The molecule has 27 heavy (non-hydrogen) atoms. The van der Waals surface area contributed by atoms with Crippen LogP contribution in [-0.2, 0) is 15.1 Å². The SMILES string of the molecule is CSc1cccc(NC(=O)CN2C(=O)NC(C)(c3cccc(Br)c3)C2=O)c1. The molecule has 0 radical (unpaired) electrons. The fourth-order valence-electron chi connectivity index (χ4n) is 2.88. The van der Waals surface area contributed by atoms with Crippen LogP contribution in [0.2, 0.25) is 0 Å². The summed E-state index contributed by atoms with van der Waals surface area (Å²) in [5.41, 5.74) is 0.0550. The Bertz CT molecular complexity index is 921. The van der Waals surface area contributed by atoms with Gasteiger partial charge in [-0.05, 0) is 49.1 Å². The van der Waals surface area contributed by atoms with Crippen molar-refractivity contribution in [3.05, 3.63) is 58.6 Å². The first kappa shape index (κ1) is 19.4. The van der Waals surface area contributed by atoms with E-state index in [1.165, 1.54) is 0 Å². The van der Waals surface area contributed by atoms with E-state index in [1.54, 1.807) is 43.0 Å². The largest absolute Gasteiger partial charge is 0.325 e. The van der Waals surface area contributed by atoms with E-state index in [0.29, 0.717) is 11.3 Å². The normalized spacial score (nSPS) is 19.1. The van der Waals surface area contributed by atoms with Crippen LogP contribution < -0.4 is 10.6 Å². The molecule has 1 fully saturated rings. The second kappa shape index (κ2) is 7.74. The molecular formula is C19H18BrN3O3S. The first-order chi connectivity index (χ1) is 12.8. The number of hydrogen-bond acceptors (Lipinski definition) is 4. The maximum absolute atomic E-state index is 12.9. The summed E-state index contributed by atoms with van der Waals surface area (Å²) in [5.74, 6) is -0.895. The Kier molecular flexibility index (Phi) is 5.57. The van der Waals surface area contributed by atoms with Gasteiger partial charge in [-0.15, -0.1) is 11.8 Å². The van der Waals surface area contributed by atoms with Crippen molar-refractivity contribution in [3.8, 4) is 0 Å². The number of anilines is 1. The molecule has 0 aromatic heterocycles. The van der Waals surface area contributed by atoms with Gasteiger partial charge in [0.1, 0.15) is 12.1 Å². The van der Waals surface area contributed by atoms with Crippen molar-refractivity contribution in [3.63, 3.8) is 0 Å². The topological polar surface area (TPSA) is 78.5 Å².